The minimum absolute atomic E-state index is 0.105. The molecule has 0 aliphatic carbocycles. The molecule has 0 radical (unpaired) electrons. The van der Waals surface area contributed by atoms with Gasteiger partial charge in [0, 0.05) is 4.90 Å². The molecule has 0 saturated heterocycles. The van der Waals surface area contributed by atoms with Gasteiger partial charge in [-0.15, -0.1) is 11.8 Å². The number of nitriles is 1. The Kier molecular flexibility index (Phi) is 4.59. The van der Waals surface area contributed by atoms with E-state index in [1.165, 1.54) is 4.90 Å². The van der Waals surface area contributed by atoms with E-state index in [0.29, 0.717) is 0 Å². The normalized spacial score (nSPS) is 10.7. The summed E-state index contributed by atoms with van der Waals surface area (Å²) < 4.78 is 0. The number of nitrogens with zero attached hydrogens (tertiary/aromatic N) is 1. The molecular formula is C13H16N2OS. The van der Waals surface area contributed by atoms with Crippen molar-refractivity contribution in [3.05, 3.63) is 29.8 Å². The number of amides is 1. The van der Waals surface area contributed by atoms with E-state index in [0.717, 1.165) is 5.56 Å². The van der Waals surface area contributed by atoms with Gasteiger partial charge in [0.2, 0.25) is 5.91 Å². The van der Waals surface area contributed by atoms with E-state index in [9.17, 15) is 4.79 Å². The van der Waals surface area contributed by atoms with Crippen LogP contribution in [0, 0.1) is 11.3 Å². The van der Waals surface area contributed by atoms with E-state index in [4.69, 9.17) is 5.26 Å². The van der Waals surface area contributed by atoms with Crippen LogP contribution in [0.25, 0.3) is 0 Å². The van der Waals surface area contributed by atoms with Gasteiger partial charge in [0.05, 0.1) is 11.6 Å². The van der Waals surface area contributed by atoms with Crippen molar-refractivity contribution in [2.24, 2.45) is 0 Å². The Bertz CT molecular complexity index is 432. The summed E-state index contributed by atoms with van der Waals surface area (Å²) in [6.07, 6.45) is 1.92. The number of hydrogen-bond donors (Lipinski definition) is 1. The molecule has 0 aromatic heterocycles. The highest BCUT2D eigenvalue weighted by atomic mass is 32.2. The minimum Gasteiger partial charge on any atom is -0.346 e. The Morgan fingerprint density at radius 1 is 1.41 bits per heavy atom. The minimum atomic E-state index is -0.454. The average Bonchev–Trinajstić information content (AvgIpc) is 2.28. The molecule has 0 atom stereocenters. The Labute approximate surface area is 106 Å². The van der Waals surface area contributed by atoms with Gasteiger partial charge in [0.15, 0.2) is 0 Å². The fraction of sp³-hybridized carbons (Fsp3) is 0.385. The number of carbonyl (C=O) groups is 1. The summed E-state index contributed by atoms with van der Waals surface area (Å²) in [6.45, 7) is 3.85. The molecule has 3 nitrogen and oxygen atoms in total. The highest BCUT2D eigenvalue weighted by Gasteiger charge is 2.22. The van der Waals surface area contributed by atoms with Gasteiger partial charge >= 0.3 is 0 Å². The topological polar surface area (TPSA) is 52.9 Å². The second kappa shape index (κ2) is 5.74. The van der Waals surface area contributed by atoms with Crippen LogP contribution in [0.5, 0.6) is 0 Å². The predicted octanol–water partition coefficient (Wildman–Crippen LogP) is 2.67. The maximum Gasteiger partial charge on any atom is 0.234 e. The zero-order valence-corrected chi connectivity index (χ0v) is 11.1. The van der Waals surface area contributed by atoms with Gasteiger partial charge in [0.25, 0.3) is 0 Å². The molecule has 17 heavy (non-hydrogen) atoms. The van der Waals surface area contributed by atoms with Crippen LogP contribution in [0.4, 0.5) is 0 Å². The molecule has 0 bridgehead atoms. The van der Waals surface area contributed by atoms with Crippen molar-refractivity contribution in [1.29, 1.82) is 5.26 Å². The van der Waals surface area contributed by atoms with Gasteiger partial charge in [0.1, 0.15) is 6.42 Å². The second-order valence-corrected chi connectivity index (χ2v) is 5.12. The van der Waals surface area contributed by atoms with Gasteiger partial charge in [-0.3, -0.25) is 4.79 Å². The maximum absolute atomic E-state index is 11.4. The predicted molar refractivity (Wildman–Crippen MR) is 69.6 cm³/mol. The highest BCUT2D eigenvalue weighted by Crippen LogP contribution is 2.23. The first-order valence-corrected chi connectivity index (χ1v) is 6.54. The summed E-state index contributed by atoms with van der Waals surface area (Å²) in [5, 5.41) is 11.3. The van der Waals surface area contributed by atoms with Crippen molar-refractivity contribution in [2.45, 2.75) is 30.7 Å². The first-order chi connectivity index (χ1) is 7.99. The van der Waals surface area contributed by atoms with Crippen LogP contribution < -0.4 is 5.32 Å². The number of hydrogen-bond acceptors (Lipinski definition) is 3. The number of rotatable bonds is 4. The Morgan fingerprint density at radius 2 is 2.00 bits per heavy atom. The van der Waals surface area contributed by atoms with Crippen molar-refractivity contribution >= 4 is 17.7 Å². The van der Waals surface area contributed by atoms with Gasteiger partial charge < -0.3 is 5.32 Å². The quantitative estimate of drug-likeness (QED) is 0.833. The molecule has 0 aliphatic rings. The Balaban J connectivity index is 2.81. The second-order valence-electron chi connectivity index (χ2n) is 4.24. The van der Waals surface area contributed by atoms with Crippen LogP contribution in [-0.4, -0.2) is 12.2 Å². The molecule has 0 heterocycles. The van der Waals surface area contributed by atoms with Crippen LogP contribution in [-0.2, 0) is 10.3 Å². The third kappa shape index (κ3) is 3.79. The van der Waals surface area contributed by atoms with Crippen molar-refractivity contribution in [3.8, 4) is 6.07 Å². The summed E-state index contributed by atoms with van der Waals surface area (Å²) in [7, 11) is 0. The molecule has 0 saturated carbocycles. The van der Waals surface area contributed by atoms with Crippen molar-refractivity contribution < 1.29 is 4.79 Å². The summed E-state index contributed by atoms with van der Waals surface area (Å²) >= 11 is 1.68. The number of benzene rings is 1. The van der Waals surface area contributed by atoms with E-state index in [1.54, 1.807) is 11.8 Å². The van der Waals surface area contributed by atoms with Crippen LogP contribution in [0.15, 0.2) is 29.2 Å². The van der Waals surface area contributed by atoms with E-state index in [1.807, 2.05) is 50.4 Å². The van der Waals surface area contributed by atoms with Crippen LogP contribution >= 0.6 is 11.8 Å². The highest BCUT2D eigenvalue weighted by molar-refractivity contribution is 7.98. The van der Waals surface area contributed by atoms with Crippen LogP contribution in [0.2, 0.25) is 0 Å². The Hall–Kier alpha value is -1.47. The summed E-state index contributed by atoms with van der Waals surface area (Å²) in [5.74, 6) is -0.244. The number of nitrogens with one attached hydrogen (secondary N) is 1. The summed E-state index contributed by atoms with van der Waals surface area (Å²) in [6, 6.07) is 9.89. The average molecular weight is 248 g/mol. The smallest absolute Gasteiger partial charge is 0.234 e. The van der Waals surface area contributed by atoms with E-state index >= 15 is 0 Å². The number of carbonyl (C=O) groups excluding carboxylic acids is 1. The third-order valence-corrected chi connectivity index (χ3v) is 3.25. The largest absolute Gasteiger partial charge is 0.346 e. The molecular weight excluding hydrogens is 232 g/mol. The fourth-order valence-corrected chi connectivity index (χ4v) is 1.95. The molecule has 4 heteroatoms. The van der Waals surface area contributed by atoms with Crippen molar-refractivity contribution in [2.75, 3.05) is 6.26 Å². The van der Waals surface area contributed by atoms with Crippen molar-refractivity contribution in [1.82, 2.24) is 5.32 Å². The lowest BCUT2D eigenvalue weighted by atomic mass is 9.94. The fourth-order valence-electron chi connectivity index (χ4n) is 1.54. The molecule has 1 rings (SSSR count). The summed E-state index contributed by atoms with van der Waals surface area (Å²) in [5.41, 5.74) is 0.576. The SMILES string of the molecule is CSc1ccc(C(C)(C)NC(=O)CC#N)cc1. The maximum atomic E-state index is 11.4. The lowest BCUT2D eigenvalue weighted by Crippen LogP contribution is -2.40. The van der Waals surface area contributed by atoms with E-state index in [-0.39, 0.29) is 12.3 Å². The van der Waals surface area contributed by atoms with E-state index < -0.39 is 5.54 Å². The van der Waals surface area contributed by atoms with Crippen molar-refractivity contribution in [3.63, 3.8) is 0 Å². The molecule has 1 aromatic rings. The third-order valence-electron chi connectivity index (χ3n) is 2.50. The zero-order valence-electron chi connectivity index (χ0n) is 10.3. The molecule has 1 aromatic carbocycles. The monoisotopic (exact) mass is 248 g/mol. The molecule has 0 spiro atoms. The number of thioether (sulfide) groups is 1. The first kappa shape index (κ1) is 13.6. The van der Waals surface area contributed by atoms with Gasteiger partial charge in [-0.1, -0.05) is 12.1 Å². The Morgan fingerprint density at radius 3 is 2.47 bits per heavy atom. The molecule has 0 unspecified atom stereocenters. The zero-order chi connectivity index (χ0) is 12.9. The van der Waals surface area contributed by atoms with Crippen LogP contribution in [0.3, 0.4) is 0 Å². The standard InChI is InChI=1S/C13H16N2OS/c1-13(2,15-12(16)8-9-14)10-4-6-11(17-3)7-5-10/h4-7H,8H2,1-3H3,(H,15,16). The molecule has 1 N–H and O–H groups in total. The first-order valence-electron chi connectivity index (χ1n) is 5.32. The lowest BCUT2D eigenvalue weighted by Gasteiger charge is -2.26. The lowest BCUT2D eigenvalue weighted by molar-refractivity contribution is -0.121. The molecule has 0 aliphatic heterocycles. The summed E-state index contributed by atoms with van der Waals surface area (Å²) in [4.78, 5) is 12.6. The van der Waals surface area contributed by atoms with E-state index in [2.05, 4.69) is 5.32 Å². The van der Waals surface area contributed by atoms with Gasteiger partial charge in [-0.2, -0.15) is 5.26 Å². The van der Waals surface area contributed by atoms with Gasteiger partial charge in [-0.25, -0.2) is 0 Å². The molecule has 1 amide bonds. The van der Waals surface area contributed by atoms with Gasteiger partial charge in [-0.05, 0) is 37.8 Å². The molecule has 90 valence electrons. The molecule has 0 fully saturated rings. The van der Waals surface area contributed by atoms with Crippen LogP contribution in [0.1, 0.15) is 25.8 Å².